The molecule has 0 saturated heterocycles. The van der Waals surface area contributed by atoms with Gasteiger partial charge in [0, 0.05) is 16.8 Å². The van der Waals surface area contributed by atoms with Crippen molar-refractivity contribution in [2.24, 2.45) is 0 Å². The van der Waals surface area contributed by atoms with Crippen LogP contribution < -0.4 is 0 Å². The van der Waals surface area contributed by atoms with Gasteiger partial charge in [-0.25, -0.2) is 9.18 Å². The van der Waals surface area contributed by atoms with Crippen molar-refractivity contribution in [3.8, 4) is 11.1 Å². The molecule has 1 heterocycles. The number of pyridine rings is 1. The van der Waals surface area contributed by atoms with Crippen LogP contribution in [-0.4, -0.2) is 21.2 Å². The fraction of sp³-hybridized carbons (Fsp3) is 0.368. The average molecular weight is 331 g/mol. The summed E-state index contributed by atoms with van der Waals surface area (Å²) in [6, 6.07) is 5.63. The van der Waals surface area contributed by atoms with E-state index < -0.39 is 11.8 Å². The summed E-state index contributed by atoms with van der Waals surface area (Å²) in [5, 5.41) is 19.7. The van der Waals surface area contributed by atoms with Crippen LogP contribution in [0.25, 0.3) is 11.1 Å². The van der Waals surface area contributed by atoms with Crippen molar-refractivity contribution in [2.45, 2.75) is 46.1 Å². The van der Waals surface area contributed by atoms with Gasteiger partial charge >= 0.3 is 5.97 Å². The summed E-state index contributed by atoms with van der Waals surface area (Å²) >= 11 is 0. The Labute approximate surface area is 141 Å². The van der Waals surface area contributed by atoms with Gasteiger partial charge < -0.3 is 10.2 Å². The first kappa shape index (κ1) is 18.1. The van der Waals surface area contributed by atoms with Gasteiger partial charge in [-0.3, -0.25) is 4.98 Å². The number of carboxylic acid groups (broad SMARTS) is 1. The van der Waals surface area contributed by atoms with E-state index in [0.29, 0.717) is 28.1 Å². The van der Waals surface area contributed by atoms with Gasteiger partial charge in [0.2, 0.25) is 0 Å². The number of hydrogen-bond donors (Lipinski definition) is 2. The lowest BCUT2D eigenvalue weighted by Crippen LogP contribution is -2.15. The van der Waals surface area contributed by atoms with Gasteiger partial charge in [0.1, 0.15) is 5.82 Å². The van der Waals surface area contributed by atoms with Gasteiger partial charge in [0.05, 0.1) is 17.9 Å². The van der Waals surface area contributed by atoms with Gasteiger partial charge in [-0.1, -0.05) is 39.8 Å². The highest BCUT2D eigenvalue weighted by Gasteiger charge is 2.27. The molecule has 0 fully saturated rings. The Morgan fingerprint density at radius 3 is 2.04 bits per heavy atom. The van der Waals surface area contributed by atoms with Crippen LogP contribution >= 0.6 is 0 Å². The van der Waals surface area contributed by atoms with E-state index in [0.717, 1.165) is 0 Å². The Morgan fingerprint density at radius 1 is 1.08 bits per heavy atom. The first-order valence-corrected chi connectivity index (χ1v) is 7.94. The number of aliphatic hydroxyl groups excluding tert-OH is 1. The molecule has 0 atom stereocenters. The van der Waals surface area contributed by atoms with Crippen LogP contribution in [0.4, 0.5) is 4.39 Å². The maximum Gasteiger partial charge on any atom is 0.338 e. The molecule has 2 rings (SSSR count). The number of carboxylic acids is 1. The van der Waals surface area contributed by atoms with E-state index >= 15 is 0 Å². The van der Waals surface area contributed by atoms with Gasteiger partial charge in [-0.15, -0.1) is 0 Å². The maximum absolute atomic E-state index is 13.3. The summed E-state index contributed by atoms with van der Waals surface area (Å²) in [7, 11) is 0. The molecule has 0 aliphatic carbocycles. The van der Waals surface area contributed by atoms with Crippen LogP contribution in [0.5, 0.6) is 0 Å². The molecule has 0 amide bonds. The zero-order valence-electron chi connectivity index (χ0n) is 14.3. The third-order valence-corrected chi connectivity index (χ3v) is 3.96. The highest BCUT2D eigenvalue weighted by atomic mass is 19.1. The Kier molecular flexibility index (Phi) is 5.34. The van der Waals surface area contributed by atoms with Crippen LogP contribution in [0.1, 0.15) is 66.8 Å². The van der Waals surface area contributed by atoms with E-state index in [9.17, 15) is 19.4 Å². The monoisotopic (exact) mass is 331 g/mol. The zero-order chi connectivity index (χ0) is 18.0. The number of aliphatic hydroxyl groups is 1. The molecular weight excluding hydrogens is 309 g/mol. The van der Waals surface area contributed by atoms with Crippen LogP contribution in [-0.2, 0) is 6.61 Å². The Hall–Kier alpha value is -2.27. The lowest BCUT2D eigenvalue weighted by Gasteiger charge is -2.22. The van der Waals surface area contributed by atoms with E-state index in [1.807, 2.05) is 27.7 Å². The molecule has 0 bridgehead atoms. The Balaban J connectivity index is 2.95. The van der Waals surface area contributed by atoms with Crippen molar-refractivity contribution in [1.82, 2.24) is 4.98 Å². The van der Waals surface area contributed by atoms with E-state index in [1.165, 1.54) is 24.3 Å². The predicted molar refractivity (Wildman–Crippen MR) is 90.7 cm³/mol. The summed E-state index contributed by atoms with van der Waals surface area (Å²) in [5.41, 5.74) is 2.69. The molecular formula is C19H22FNO3. The smallest absolute Gasteiger partial charge is 0.338 e. The summed E-state index contributed by atoms with van der Waals surface area (Å²) in [6.45, 7) is 7.32. The van der Waals surface area contributed by atoms with Crippen molar-refractivity contribution in [3.63, 3.8) is 0 Å². The molecule has 5 heteroatoms. The quantitative estimate of drug-likeness (QED) is 0.856. The minimum atomic E-state index is -1.10. The van der Waals surface area contributed by atoms with Crippen LogP contribution in [0.15, 0.2) is 24.3 Å². The maximum atomic E-state index is 13.3. The number of aromatic carboxylic acids is 1. The molecule has 24 heavy (non-hydrogen) atoms. The van der Waals surface area contributed by atoms with Crippen LogP contribution in [0.3, 0.4) is 0 Å². The molecule has 0 aliphatic heterocycles. The molecule has 128 valence electrons. The van der Waals surface area contributed by atoms with E-state index in [4.69, 9.17) is 0 Å². The van der Waals surface area contributed by atoms with Gasteiger partial charge in [0.15, 0.2) is 0 Å². The highest BCUT2D eigenvalue weighted by Crippen LogP contribution is 2.36. The van der Waals surface area contributed by atoms with Crippen LogP contribution in [0.2, 0.25) is 0 Å². The molecule has 0 radical (unpaired) electrons. The van der Waals surface area contributed by atoms with Gasteiger partial charge in [0.25, 0.3) is 0 Å². The molecule has 2 N–H and O–H groups in total. The molecule has 4 nitrogen and oxygen atoms in total. The summed E-state index contributed by atoms with van der Waals surface area (Å²) in [4.78, 5) is 16.5. The topological polar surface area (TPSA) is 70.4 Å². The minimum absolute atomic E-state index is 0.0201. The molecule has 1 aromatic heterocycles. The lowest BCUT2D eigenvalue weighted by molar-refractivity contribution is 0.0695. The second-order valence-corrected chi connectivity index (χ2v) is 6.39. The fourth-order valence-corrected chi connectivity index (χ4v) is 2.87. The fourth-order valence-electron chi connectivity index (χ4n) is 2.87. The first-order chi connectivity index (χ1) is 11.3. The number of benzene rings is 1. The second kappa shape index (κ2) is 7.09. The lowest BCUT2D eigenvalue weighted by atomic mass is 9.87. The molecule has 0 spiro atoms. The van der Waals surface area contributed by atoms with E-state index in [1.54, 1.807) is 0 Å². The number of hydrogen-bond acceptors (Lipinski definition) is 3. The first-order valence-electron chi connectivity index (χ1n) is 7.94. The highest BCUT2D eigenvalue weighted by molar-refractivity contribution is 5.98. The molecule has 0 saturated carbocycles. The number of carbonyl (C=O) groups is 1. The summed E-state index contributed by atoms with van der Waals surface area (Å²) in [5.74, 6) is -1.58. The Morgan fingerprint density at radius 2 is 1.62 bits per heavy atom. The van der Waals surface area contributed by atoms with E-state index in [2.05, 4.69) is 4.98 Å². The average Bonchev–Trinajstić information content (AvgIpc) is 2.53. The molecule has 1 aromatic carbocycles. The SMILES string of the molecule is CC(C)c1nc(C(C)C)c(C(=O)O)c(-c2ccc(F)cc2)c1CO. The molecule has 0 unspecified atom stereocenters. The van der Waals surface area contributed by atoms with Crippen molar-refractivity contribution in [2.75, 3.05) is 0 Å². The third kappa shape index (κ3) is 3.31. The van der Waals surface area contributed by atoms with Crippen molar-refractivity contribution >= 4 is 5.97 Å². The number of nitrogens with zero attached hydrogens (tertiary/aromatic N) is 1. The Bertz CT molecular complexity index is 752. The summed E-state index contributed by atoms with van der Waals surface area (Å²) < 4.78 is 13.3. The minimum Gasteiger partial charge on any atom is -0.478 e. The van der Waals surface area contributed by atoms with E-state index in [-0.39, 0.29) is 24.0 Å². The second-order valence-electron chi connectivity index (χ2n) is 6.39. The largest absolute Gasteiger partial charge is 0.478 e. The third-order valence-electron chi connectivity index (χ3n) is 3.96. The van der Waals surface area contributed by atoms with Gasteiger partial charge in [-0.2, -0.15) is 0 Å². The zero-order valence-corrected chi connectivity index (χ0v) is 14.3. The van der Waals surface area contributed by atoms with Crippen molar-refractivity contribution < 1.29 is 19.4 Å². The number of halogens is 1. The van der Waals surface area contributed by atoms with Crippen LogP contribution in [0, 0.1) is 5.82 Å². The predicted octanol–water partition coefficient (Wildman–Crippen LogP) is 4.33. The number of rotatable bonds is 5. The molecule has 0 aliphatic rings. The van der Waals surface area contributed by atoms with Gasteiger partial charge in [-0.05, 0) is 29.5 Å². The van der Waals surface area contributed by atoms with Crippen molar-refractivity contribution in [3.05, 3.63) is 52.6 Å². The normalized spacial score (nSPS) is 11.3. The van der Waals surface area contributed by atoms with Crippen molar-refractivity contribution in [1.29, 1.82) is 0 Å². The molecule has 2 aromatic rings. The summed E-state index contributed by atoms with van der Waals surface area (Å²) in [6.07, 6.45) is 0. The standard InChI is InChI=1S/C19H22FNO3/c1-10(2)17-14(9-22)15(12-5-7-13(20)8-6-12)16(19(23)24)18(21-17)11(3)4/h5-8,10-11,22H,9H2,1-4H3,(H,23,24). The number of aromatic nitrogens is 1.